The third kappa shape index (κ3) is 32.3. The molecule has 500 valence electrons. The van der Waals surface area contributed by atoms with Crippen molar-refractivity contribution in [2.24, 2.45) is 58.6 Å². The van der Waals surface area contributed by atoms with E-state index in [0.29, 0.717) is 19.3 Å². The second-order valence-corrected chi connectivity index (χ2v) is 25.3. The van der Waals surface area contributed by atoms with Gasteiger partial charge in [0.1, 0.15) is 60.4 Å². The summed E-state index contributed by atoms with van der Waals surface area (Å²) in [7, 11) is 0. The molecule has 0 saturated carbocycles. The molecular formula is C59H110N14O14. The van der Waals surface area contributed by atoms with Gasteiger partial charge in [-0.25, -0.2) is 0 Å². The Balaban J connectivity index is 6.28. The molecule has 19 N–H and O–H groups in total. The standard InChI is InChI=1S/C59H110N14O14/c1-16-36(14)48(61)59(87)71-44(26-35(12)13)56(84)73-45(28-74)57(85)64-37(15)50(78)68-42(24-33(8)9)55(83)69-40(22-31(4)5)51(79)63-27-47(76)65-41(23-32(6)7)53(81)70-43(25-34(10)11)54(82)66-38(19-17-18-20-60)52(80)72-46(29-75)58(86)67-39(49(62)77)21-30(2)3/h30-46,48,74-75H,16-29,60-61H2,1-15H3,(H2,62,77)(H,63,79)(H,64,85)(H,65,76)(H,66,82)(H,67,86)(H,68,78)(H,69,83)(H,70,81)(H,71,87)(H,72,80)(H,73,84)/t36-,37-,38-,39-,40-,41-,42-,43-,44-,45-,46-,48-/m0/s1. The topological polar surface area (TPSA) is 456 Å². The van der Waals surface area contributed by atoms with Crippen LogP contribution in [0.25, 0.3) is 0 Å². The summed E-state index contributed by atoms with van der Waals surface area (Å²) in [6, 6.07) is -13.6. The van der Waals surface area contributed by atoms with Crippen LogP contribution in [0.5, 0.6) is 0 Å². The first kappa shape index (κ1) is 80.5. The van der Waals surface area contributed by atoms with Gasteiger partial charge in [0.2, 0.25) is 70.9 Å². The third-order valence-electron chi connectivity index (χ3n) is 14.0. The van der Waals surface area contributed by atoms with Crippen LogP contribution >= 0.6 is 0 Å². The van der Waals surface area contributed by atoms with Crippen LogP contribution in [0, 0.1) is 41.4 Å². The first-order valence-electron chi connectivity index (χ1n) is 30.8. The van der Waals surface area contributed by atoms with E-state index in [2.05, 4.69) is 58.5 Å². The molecule has 0 rings (SSSR count). The number of nitrogens with two attached hydrogens (primary N) is 3. The van der Waals surface area contributed by atoms with Crippen LogP contribution < -0.4 is 75.7 Å². The smallest absolute Gasteiger partial charge is 0.245 e. The fraction of sp³-hybridized carbons (Fsp3) is 0.797. The summed E-state index contributed by atoms with van der Waals surface area (Å²) in [6.45, 7) is 24.6. The van der Waals surface area contributed by atoms with Gasteiger partial charge in [-0.15, -0.1) is 0 Å². The Morgan fingerprint density at radius 3 is 1.03 bits per heavy atom. The number of hydrogen-bond donors (Lipinski definition) is 16. The fourth-order valence-electron chi connectivity index (χ4n) is 9.01. The lowest BCUT2D eigenvalue weighted by Gasteiger charge is -2.28. The van der Waals surface area contributed by atoms with Crippen LogP contribution in [0.2, 0.25) is 0 Å². The van der Waals surface area contributed by atoms with E-state index in [9.17, 15) is 67.7 Å². The number of hydrogen-bond acceptors (Lipinski definition) is 16. The number of carbonyl (C=O) groups is 12. The highest BCUT2D eigenvalue weighted by Crippen LogP contribution is 2.14. The van der Waals surface area contributed by atoms with Gasteiger partial charge in [0.15, 0.2) is 0 Å². The highest BCUT2D eigenvalue weighted by Gasteiger charge is 2.36. The molecule has 12 amide bonds. The van der Waals surface area contributed by atoms with Crippen molar-refractivity contribution >= 4 is 70.9 Å². The van der Waals surface area contributed by atoms with E-state index in [0.717, 1.165) is 0 Å². The van der Waals surface area contributed by atoms with Gasteiger partial charge < -0.3 is 85.9 Å². The van der Waals surface area contributed by atoms with Gasteiger partial charge in [-0.3, -0.25) is 57.5 Å². The number of primary amides is 1. The average molecular weight is 1240 g/mol. The van der Waals surface area contributed by atoms with E-state index in [1.807, 2.05) is 34.6 Å². The van der Waals surface area contributed by atoms with Crippen LogP contribution in [0.3, 0.4) is 0 Å². The van der Waals surface area contributed by atoms with Crippen molar-refractivity contribution in [1.29, 1.82) is 0 Å². The quantitative estimate of drug-likeness (QED) is 0.0300. The van der Waals surface area contributed by atoms with Gasteiger partial charge >= 0.3 is 0 Å². The van der Waals surface area contributed by atoms with Crippen LogP contribution in [0.15, 0.2) is 0 Å². The molecule has 28 heteroatoms. The second-order valence-electron chi connectivity index (χ2n) is 25.3. The van der Waals surface area contributed by atoms with Gasteiger partial charge in [0.05, 0.1) is 25.8 Å². The molecule has 0 aromatic rings. The number of nitrogens with one attached hydrogen (secondary N) is 11. The van der Waals surface area contributed by atoms with E-state index < -0.39 is 157 Å². The SMILES string of the molecule is CC[C@H](C)[C@H](N)C(=O)N[C@@H](CC(C)C)C(=O)N[C@@H](CO)C(=O)N[C@@H](C)C(=O)N[C@@H](CC(C)C)C(=O)N[C@@H](CC(C)C)C(=O)NCC(=O)N[C@@H](CC(C)C)C(=O)N[C@@H](CC(C)C)C(=O)N[C@@H](CCCCN)C(=O)N[C@@H](CO)C(=O)N[C@@H](CC(C)C)C(N)=O. The van der Waals surface area contributed by atoms with Crippen molar-refractivity contribution in [3.8, 4) is 0 Å². The maximum atomic E-state index is 14.1. The van der Waals surface area contributed by atoms with E-state index in [-0.39, 0.29) is 92.9 Å². The van der Waals surface area contributed by atoms with Gasteiger partial charge in [-0.05, 0) is 113 Å². The molecule has 0 spiro atoms. The molecule has 0 unspecified atom stereocenters. The maximum Gasteiger partial charge on any atom is 0.245 e. The molecule has 0 aromatic carbocycles. The first-order chi connectivity index (χ1) is 40.5. The molecule has 87 heavy (non-hydrogen) atoms. The largest absolute Gasteiger partial charge is 0.394 e. The Labute approximate surface area is 515 Å². The minimum absolute atomic E-state index is 0.0315. The van der Waals surface area contributed by atoms with Gasteiger partial charge in [0, 0.05) is 0 Å². The first-order valence-corrected chi connectivity index (χ1v) is 30.8. The van der Waals surface area contributed by atoms with E-state index in [1.165, 1.54) is 6.92 Å². The van der Waals surface area contributed by atoms with Crippen molar-refractivity contribution in [2.45, 2.75) is 235 Å². The maximum absolute atomic E-state index is 14.1. The molecule has 0 aliphatic heterocycles. The van der Waals surface area contributed by atoms with Crippen molar-refractivity contribution in [3.05, 3.63) is 0 Å². The average Bonchev–Trinajstić information content (AvgIpc) is 3.52. The van der Waals surface area contributed by atoms with E-state index >= 15 is 0 Å². The van der Waals surface area contributed by atoms with Crippen LogP contribution in [-0.4, -0.2) is 174 Å². The van der Waals surface area contributed by atoms with Crippen LogP contribution in [0.1, 0.15) is 168 Å². The summed E-state index contributed by atoms with van der Waals surface area (Å²) in [6.07, 6.45) is 2.27. The van der Waals surface area contributed by atoms with Crippen molar-refractivity contribution in [3.63, 3.8) is 0 Å². The highest BCUT2D eigenvalue weighted by molar-refractivity contribution is 5.99. The van der Waals surface area contributed by atoms with Crippen molar-refractivity contribution in [2.75, 3.05) is 26.3 Å². The van der Waals surface area contributed by atoms with Crippen molar-refractivity contribution in [1.82, 2.24) is 58.5 Å². The van der Waals surface area contributed by atoms with E-state index in [1.54, 1.807) is 62.3 Å². The molecule has 0 aromatic heterocycles. The molecule has 28 nitrogen and oxygen atoms in total. The van der Waals surface area contributed by atoms with Crippen molar-refractivity contribution < 1.29 is 67.7 Å². The Morgan fingerprint density at radius 1 is 0.368 bits per heavy atom. The fourth-order valence-corrected chi connectivity index (χ4v) is 9.01. The Hall–Kier alpha value is -6.52. The molecule has 0 radical (unpaired) electrons. The number of unbranched alkanes of at least 4 members (excludes halogenated alkanes) is 1. The molecule has 0 heterocycles. The summed E-state index contributed by atoms with van der Waals surface area (Å²) >= 11 is 0. The summed E-state index contributed by atoms with van der Waals surface area (Å²) in [5.41, 5.74) is 17.3. The zero-order valence-electron chi connectivity index (χ0n) is 54.3. The summed E-state index contributed by atoms with van der Waals surface area (Å²) in [5.74, 6) is -10.3. The lowest BCUT2D eigenvalue weighted by molar-refractivity contribution is -0.136. The predicted octanol–water partition coefficient (Wildman–Crippen LogP) is -1.78. The molecule has 0 saturated heterocycles. The molecular weight excluding hydrogens is 1130 g/mol. The van der Waals surface area contributed by atoms with Gasteiger partial charge in [-0.2, -0.15) is 0 Å². The second kappa shape index (κ2) is 41.6. The lowest BCUT2D eigenvalue weighted by Crippen LogP contribution is -2.60. The minimum atomic E-state index is -1.54. The highest BCUT2D eigenvalue weighted by atomic mass is 16.3. The zero-order chi connectivity index (χ0) is 67.0. The molecule has 0 fully saturated rings. The normalized spacial score (nSPS) is 15.7. The lowest BCUT2D eigenvalue weighted by atomic mass is 9.97. The molecule has 0 bridgehead atoms. The number of amides is 12. The number of aliphatic hydroxyl groups is 2. The zero-order valence-corrected chi connectivity index (χ0v) is 54.3. The monoisotopic (exact) mass is 1240 g/mol. The Morgan fingerprint density at radius 2 is 0.667 bits per heavy atom. The summed E-state index contributed by atoms with van der Waals surface area (Å²) < 4.78 is 0. The van der Waals surface area contributed by atoms with Crippen LogP contribution in [0.4, 0.5) is 0 Å². The number of carbonyl (C=O) groups excluding carboxylic acids is 12. The van der Waals surface area contributed by atoms with Gasteiger partial charge in [-0.1, -0.05) is 103 Å². The van der Waals surface area contributed by atoms with Crippen LogP contribution in [-0.2, 0) is 57.5 Å². The Kier molecular flexibility index (Phi) is 38.5. The summed E-state index contributed by atoms with van der Waals surface area (Å²) in [5, 5.41) is 48.5. The molecule has 0 aliphatic carbocycles. The minimum Gasteiger partial charge on any atom is -0.394 e. The predicted molar refractivity (Wildman–Crippen MR) is 328 cm³/mol. The third-order valence-corrected chi connectivity index (χ3v) is 14.0. The van der Waals surface area contributed by atoms with Gasteiger partial charge in [0.25, 0.3) is 0 Å². The molecule has 12 atom stereocenters. The number of aliphatic hydroxyl groups excluding tert-OH is 2. The Bertz CT molecular complexity index is 2230. The number of rotatable bonds is 43. The van der Waals surface area contributed by atoms with E-state index in [4.69, 9.17) is 17.2 Å². The summed E-state index contributed by atoms with van der Waals surface area (Å²) in [4.78, 5) is 162. The molecule has 0 aliphatic rings.